The van der Waals surface area contributed by atoms with Crippen LogP contribution in [0.5, 0.6) is 5.75 Å². The molecule has 0 radical (unpaired) electrons. The van der Waals surface area contributed by atoms with Crippen LogP contribution in [0.2, 0.25) is 0 Å². The molecule has 0 aliphatic heterocycles. The number of nitrogens with zero attached hydrogens (tertiary/aromatic N) is 2. The number of hydrogen-bond donors (Lipinski definition) is 0. The molecule has 3 rings (SSSR count). The van der Waals surface area contributed by atoms with E-state index in [4.69, 9.17) is 4.74 Å². The number of rotatable bonds is 4. The summed E-state index contributed by atoms with van der Waals surface area (Å²) in [5.74, 6) is 0.800. The maximum Gasteiger partial charge on any atom is 0.328 e. The molecule has 0 unspecified atom stereocenters. The lowest BCUT2D eigenvalue weighted by atomic mass is 10.2. The first kappa shape index (κ1) is 12.5. The summed E-state index contributed by atoms with van der Waals surface area (Å²) >= 11 is 3.45. The highest BCUT2D eigenvalue weighted by Crippen LogP contribution is 2.33. The standard InChI is InChI=1S/C14H15BrN2O2/c1-19-13-5-2-11(15)8-10(13)9-16-6-7-17(14(16)18)12-3-4-12/h2,5-8,12H,3-4,9H2,1H3. The van der Waals surface area contributed by atoms with Crippen molar-refractivity contribution in [2.75, 3.05) is 7.11 Å². The van der Waals surface area contributed by atoms with Crippen LogP contribution in [-0.4, -0.2) is 16.2 Å². The SMILES string of the molecule is COc1ccc(Br)cc1Cn1ccn(C2CC2)c1=O. The molecule has 0 saturated heterocycles. The normalized spacial score (nSPS) is 14.6. The van der Waals surface area contributed by atoms with Gasteiger partial charge in [0, 0.05) is 28.5 Å². The lowest BCUT2D eigenvalue weighted by Gasteiger charge is -2.09. The third-order valence-electron chi connectivity index (χ3n) is 3.40. The molecule has 0 amide bonds. The molecule has 1 aliphatic rings. The summed E-state index contributed by atoms with van der Waals surface area (Å²) in [5, 5.41) is 0. The van der Waals surface area contributed by atoms with Gasteiger partial charge in [0.2, 0.25) is 0 Å². The van der Waals surface area contributed by atoms with Crippen LogP contribution in [0.3, 0.4) is 0 Å². The predicted molar refractivity (Wildman–Crippen MR) is 76.8 cm³/mol. The van der Waals surface area contributed by atoms with Crippen molar-refractivity contribution in [2.45, 2.75) is 25.4 Å². The zero-order valence-electron chi connectivity index (χ0n) is 10.7. The fraction of sp³-hybridized carbons (Fsp3) is 0.357. The minimum Gasteiger partial charge on any atom is -0.496 e. The first-order valence-corrected chi connectivity index (χ1v) is 7.08. The van der Waals surface area contributed by atoms with E-state index >= 15 is 0 Å². The molecule has 0 N–H and O–H groups in total. The molecule has 1 fully saturated rings. The lowest BCUT2D eigenvalue weighted by molar-refractivity contribution is 0.408. The van der Waals surface area contributed by atoms with E-state index in [2.05, 4.69) is 15.9 Å². The molecule has 4 nitrogen and oxygen atoms in total. The Bertz CT molecular complexity index is 656. The molecular weight excluding hydrogens is 308 g/mol. The third-order valence-corrected chi connectivity index (χ3v) is 3.89. The van der Waals surface area contributed by atoms with Crippen LogP contribution in [0.4, 0.5) is 0 Å². The van der Waals surface area contributed by atoms with Gasteiger partial charge in [-0.25, -0.2) is 4.79 Å². The molecule has 1 saturated carbocycles. The van der Waals surface area contributed by atoms with Crippen LogP contribution in [0, 0.1) is 0 Å². The molecule has 2 aromatic rings. The summed E-state index contributed by atoms with van der Waals surface area (Å²) in [4.78, 5) is 12.2. The fourth-order valence-electron chi connectivity index (χ4n) is 2.23. The largest absolute Gasteiger partial charge is 0.496 e. The Labute approximate surface area is 119 Å². The highest BCUT2D eigenvalue weighted by Gasteiger charge is 2.25. The van der Waals surface area contributed by atoms with Crippen molar-refractivity contribution < 1.29 is 4.74 Å². The number of hydrogen-bond acceptors (Lipinski definition) is 2. The minimum absolute atomic E-state index is 0.0597. The van der Waals surface area contributed by atoms with Crippen molar-refractivity contribution in [1.29, 1.82) is 0 Å². The van der Waals surface area contributed by atoms with Gasteiger partial charge >= 0.3 is 5.69 Å². The number of benzene rings is 1. The quantitative estimate of drug-likeness (QED) is 0.867. The molecule has 1 aliphatic carbocycles. The molecule has 0 bridgehead atoms. The Morgan fingerprint density at radius 1 is 1.37 bits per heavy atom. The van der Waals surface area contributed by atoms with Crippen LogP contribution in [0.1, 0.15) is 24.4 Å². The van der Waals surface area contributed by atoms with E-state index in [0.717, 1.165) is 28.6 Å². The average Bonchev–Trinajstić information content (AvgIpc) is 3.17. The predicted octanol–water partition coefficient (Wildman–Crippen LogP) is 2.80. The van der Waals surface area contributed by atoms with Gasteiger partial charge in [0.05, 0.1) is 13.7 Å². The summed E-state index contributed by atoms with van der Waals surface area (Å²) < 4.78 is 9.87. The second kappa shape index (κ2) is 4.89. The van der Waals surface area contributed by atoms with Gasteiger partial charge in [-0.2, -0.15) is 0 Å². The number of ether oxygens (including phenoxy) is 1. The van der Waals surface area contributed by atoms with Crippen LogP contribution < -0.4 is 10.4 Å². The van der Waals surface area contributed by atoms with E-state index in [-0.39, 0.29) is 5.69 Å². The summed E-state index contributed by atoms with van der Waals surface area (Å²) in [5.41, 5.74) is 1.05. The van der Waals surface area contributed by atoms with Crippen molar-refractivity contribution in [3.05, 3.63) is 51.1 Å². The van der Waals surface area contributed by atoms with Gasteiger partial charge in [0.25, 0.3) is 0 Å². The number of halogens is 1. The van der Waals surface area contributed by atoms with Crippen LogP contribution in [0.15, 0.2) is 39.9 Å². The average molecular weight is 323 g/mol. The van der Waals surface area contributed by atoms with Gasteiger partial charge in [-0.3, -0.25) is 9.13 Å². The molecule has 0 atom stereocenters. The number of aromatic nitrogens is 2. The van der Waals surface area contributed by atoms with Gasteiger partial charge in [0.15, 0.2) is 0 Å². The Kier molecular flexibility index (Phi) is 3.22. The van der Waals surface area contributed by atoms with Crippen LogP contribution in [-0.2, 0) is 6.54 Å². The number of methoxy groups -OCH3 is 1. The van der Waals surface area contributed by atoms with Crippen molar-refractivity contribution in [1.82, 2.24) is 9.13 Å². The molecule has 100 valence electrons. The monoisotopic (exact) mass is 322 g/mol. The first-order chi connectivity index (χ1) is 9.19. The topological polar surface area (TPSA) is 36.2 Å². The molecule has 1 aromatic heterocycles. The Balaban J connectivity index is 1.92. The van der Waals surface area contributed by atoms with E-state index in [1.165, 1.54) is 0 Å². The smallest absolute Gasteiger partial charge is 0.328 e. The summed E-state index contributed by atoms with van der Waals surface area (Å²) in [6.07, 6.45) is 5.96. The molecule has 0 spiro atoms. The van der Waals surface area contributed by atoms with Gasteiger partial charge < -0.3 is 4.74 Å². The lowest BCUT2D eigenvalue weighted by Crippen LogP contribution is -2.23. The first-order valence-electron chi connectivity index (χ1n) is 6.28. The summed E-state index contributed by atoms with van der Waals surface area (Å²) in [7, 11) is 1.64. The van der Waals surface area contributed by atoms with Crippen molar-refractivity contribution >= 4 is 15.9 Å². The van der Waals surface area contributed by atoms with Crippen molar-refractivity contribution in [3.8, 4) is 5.75 Å². The van der Waals surface area contributed by atoms with E-state index in [1.807, 2.05) is 35.2 Å². The Hall–Kier alpha value is -1.49. The maximum atomic E-state index is 12.2. The van der Waals surface area contributed by atoms with Gasteiger partial charge in [0.1, 0.15) is 5.75 Å². The van der Waals surface area contributed by atoms with E-state index in [9.17, 15) is 4.79 Å². The second-order valence-corrected chi connectivity index (χ2v) is 5.72. The van der Waals surface area contributed by atoms with E-state index in [1.54, 1.807) is 11.7 Å². The molecule has 1 heterocycles. The highest BCUT2D eigenvalue weighted by atomic mass is 79.9. The zero-order chi connectivity index (χ0) is 13.4. The van der Waals surface area contributed by atoms with Crippen molar-refractivity contribution in [3.63, 3.8) is 0 Å². The molecule has 19 heavy (non-hydrogen) atoms. The van der Waals surface area contributed by atoms with Gasteiger partial charge in [-0.05, 0) is 31.0 Å². The number of imidazole rings is 1. The minimum atomic E-state index is 0.0597. The molecular formula is C14H15BrN2O2. The van der Waals surface area contributed by atoms with E-state index in [0.29, 0.717) is 12.6 Å². The Morgan fingerprint density at radius 3 is 2.84 bits per heavy atom. The molecule has 1 aromatic carbocycles. The van der Waals surface area contributed by atoms with Gasteiger partial charge in [-0.1, -0.05) is 15.9 Å². The highest BCUT2D eigenvalue weighted by molar-refractivity contribution is 9.10. The summed E-state index contributed by atoms with van der Waals surface area (Å²) in [6.45, 7) is 0.529. The fourth-order valence-corrected chi connectivity index (χ4v) is 2.64. The third kappa shape index (κ3) is 2.47. The van der Waals surface area contributed by atoms with Crippen LogP contribution >= 0.6 is 15.9 Å². The Morgan fingerprint density at radius 2 is 2.16 bits per heavy atom. The van der Waals surface area contributed by atoms with E-state index < -0.39 is 0 Å². The van der Waals surface area contributed by atoms with Crippen molar-refractivity contribution in [2.24, 2.45) is 0 Å². The zero-order valence-corrected chi connectivity index (χ0v) is 12.3. The second-order valence-electron chi connectivity index (χ2n) is 4.80. The summed E-state index contributed by atoms with van der Waals surface area (Å²) in [6, 6.07) is 6.24. The molecule has 5 heteroatoms. The van der Waals surface area contributed by atoms with Crippen LogP contribution in [0.25, 0.3) is 0 Å². The van der Waals surface area contributed by atoms with Gasteiger partial charge in [-0.15, -0.1) is 0 Å². The maximum absolute atomic E-state index is 12.2.